The standard InChI is InChI=1S/C19H22ClN3O3S/c20-15-6-4-8-17(12-15)22-19(24)14-21-16-7-5-9-18(13-16)27(25,26)23-10-2-1-3-11-23/h4-9,12-13,21H,1-3,10-11,14H2,(H,22,24). The van der Waals surface area contributed by atoms with Gasteiger partial charge in [-0.25, -0.2) is 8.42 Å². The molecule has 3 rings (SSSR count). The van der Waals surface area contributed by atoms with Crippen LogP contribution in [-0.2, 0) is 14.8 Å². The number of sulfonamides is 1. The number of anilines is 2. The van der Waals surface area contributed by atoms with Crippen LogP contribution in [0.5, 0.6) is 0 Å². The second-order valence-electron chi connectivity index (χ2n) is 6.40. The number of hydrogen-bond donors (Lipinski definition) is 2. The number of nitrogens with zero attached hydrogens (tertiary/aromatic N) is 1. The van der Waals surface area contributed by atoms with E-state index < -0.39 is 10.0 Å². The Morgan fingerprint density at radius 2 is 1.70 bits per heavy atom. The molecule has 1 saturated heterocycles. The summed E-state index contributed by atoms with van der Waals surface area (Å²) in [6.45, 7) is 1.13. The van der Waals surface area contributed by atoms with E-state index in [1.54, 1.807) is 48.5 Å². The van der Waals surface area contributed by atoms with Gasteiger partial charge in [0.05, 0.1) is 11.4 Å². The fourth-order valence-electron chi connectivity index (χ4n) is 2.97. The molecule has 0 radical (unpaired) electrons. The number of amides is 1. The highest BCUT2D eigenvalue weighted by Gasteiger charge is 2.25. The van der Waals surface area contributed by atoms with Crippen LogP contribution in [0.3, 0.4) is 0 Å². The normalized spacial score (nSPS) is 15.3. The monoisotopic (exact) mass is 407 g/mol. The summed E-state index contributed by atoms with van der Waals surface area (Å²) in [6, 6.07) is 13.4. The third-order valence-corrected chi connectivity index (χ3v) is 6.48. The molecule has 0 spiro atoms. The fourth-order valence-corrected chi connectivity index (χ4v) is 4.73. The van der Waals surface area contributed by atoms with Crippen LogP contribution in [0.1, 0.15) is 19.3 Å². The number of halogens is 1. The minimum atomic E-state index is -3.50. The van der Waals surface area contributed by atoms with Crippen LogP contribution in [-0.4, -0.2) is 38.3 Å². The fraction of sp³-hybridized carbons (Fsp3) is 0.316. The zero-order chi connectivity index (χ0) is 19.3. The highest BCUT2D eigenvalue weighted by molar-refractivity contribution is 7.89. The molecule has 0 saturated carbocycles. The summed E-state index contributed by atoms with van der Waals surface area (Å²) >= 11 is 5.90. The summed E-state index contributed by atoms with van der Waals surface area (Å²) in [6.07, 6.45) is 2.84. The summed E-state index contributed by atoms with van der Waals surface area (Å²) in [5, 5.41) is 6.24. The Morgan fingerprint density at radius 1 is 1.00 bits per heavy atom. The van der Waals surface area contributed by atoms with Crippen LogP contribution in [0.15, 0.2) is 53.4 Å². The number of carbonyl (C=O) groups is 1. The lowest BCUT2D eigenvalue weighted by atomic mass is 10.2. The van der Waals surface area contributed by atoms with Crippen molar-refractivity contribution in [1.29, 1.82) is 0 Å². The van der Waals surface area contributed by atoms with Crippen molar-refractivity contribution in [3.05, 3.63) is 53.6 Å². The number of hydrogen-bond acceptors (Lipinski definition) is 4. The molecule has 1 heterocycles. The molecule has 6 nitrogen and oxygen atoms in total. The molecule has 1 amide bonds. The van der Waals surface area contributed by atoms with Gasteiger partial charge >= 0.3 is 0 Å². The van der Waals surface area contributed by atoms with Crippen LogP contribution >= 0.6 is 11.6 Å². The first-order valence-electron chi connectivity index (χ1n) is 8.85. The third-order valence-electron chi connectivity index (χ3n) is 4.35. The van der Waals surface area contributed by atoms with E-state index in [2.05, 4.69) is 10.6 Å². The molecular formula is C19H22ClN3O3S. The first kappa shape index (κ1) is 19.7. The molecule has 0 atom stereocenters. The summed E-state index contributed by atoms with van der Waals surface area (Å²) in [7, 11) is -3.50. The number of carbonyl (C=O) groups excluding carboxylic acids is 1. The number of nitrogens with one attached hydrogen (secondary N) is 2. The lowest BCUT2D eigenvalue weighted by molar-refractivity contribution is -0.114. The zero-order valence-corrected chi connectivity index (χ0v) is 16.4. The van der Waals surface area contributed by atoms with E-state index in [1.165, 1.54) is 4.31 Å². The van der Waals surface area contributed by atoms with Gasteiger partial charge in [0, 0.05) is 29.5 Å². The maximum absolute atomic E-state index is 12.8. The second-order valence-corrected chi connectivity index (χ2v) is 8.78. The Hall–Kier alpha value is -2.09. The predicted molar refractivity (Wildman–Crippen MR) is 108 cm³/mol. The van der Waals surface area contributed by atoms with E-state index in [0.29, 0.717) is 29.5 Å². The Balaban J connectivity index is 1.63. The highest BCUT2D eigenvalue weighted by Crippen LogP contribution is 2.23. The van der Waals surface area contributed by atoms with E-state index in [4.69, 9.17) is 11.6 Å². The van der Waals surface area contributed by atoms with Gasteiger partial charge in [-0.05, 0) is 49.2 Å². The van der Waals surface area contributed by atoms with Crippen molar-refractivity contribution in [2.75, 3.05) is 30.3 Å². The highest BCUT2D eigenvalue weighted by atomic mass is 35.5. The second kappa shape index (κ2) is 8.73. The average molecular weight is 408 g/mol. The molecule has 0 aromatic heterocycles. The Labute approximate surface area is 164 Å². The molecule has 2 aromatic carbocycles. The lowest BCUT2D eigenvalue weighted by Crippen LogP contribution is -2.35. The van der Waals surface area contributed by atoms with Gasteiger partial charge in [0.25, 0.3) is 0 Å². The molecular weight excluding hydrogens is 386 g/mol. The molecule has 27 heavy (non-hydrogen) atoms. The minimum absolute atomic E-state index is 0.0136. The van der Waals surface area contributed by atoms with Gasteiger partial charge in [-0.1, -0.05) is 30.2 Å². The van der Waals surface area contributed by atoms with Crippen molar-refractivity contribution in [1.82, 2.24) is 4.31 Å². The van der Waals surface area contributed by atoms with Gasteiger partial charge in [0.2, 0.25) is 15.9 Å². The van der Waals surface area contributed by atoms with Gasteiger partial charge in [-0.15, -0.1) is 0 Å². The van der Waals surface area contributed by atoms with Crippen molar-refractivity contribution in [2.45, 2.75) is 24.2 Å². The van der Waals surface area contributed by atoms with Crippen molar-refractivity contribution in [3.63, 3.8) is 0 Å². The molecule has 2 N–H and O–H groups in total. The molecule has 8 heteroatoms. The smallest absolute Gasteiger partial charge is 0.243 e. The molecule has 0 bridgehead atoms. The number of rotatable bonds is 6. The molecule has 1 aliphatic heterocycles. The van der Waals surface area contributed by atoms with E-state index >= 15 is 0 Å². The quantitative estimate of drug-likeness (QED) is 0.767. The summed E-state index contributed by atoms with van der Waals surface area (Å²) < 4.78 is 27.0. The van der Waals surface area contributed by atoms with Crippen LogP contribution in [0, 0.1) is 0 Å². The maximum atomic E-state index is 12.8. The van der Waals surface area contributed by atoms with Crippen molar-refractivity contribution in [2.24, 2.45) is 0 Å². The maximum Gasteiger partial charge on any atom is 0.243 e. The Bertz CT molecular complexity index is 912. The molecule has 0 aliphatic carbocycles. The largest absolute Gasteiger partial charge is 0.376 e. The van der Waals surface area contributed by atoms with Crippen LogP contribution in [0.2, 0.25) is 5.02 Å². The SMILES string of the molecule is O=C(CNc1cccc(S(=O)(=O)N2CCCCC2)c1)Nc1cccc(Cl)c1. The van der Waals surface area contributed by atoms with E-state index in [0.717, 1.165) is 19.3 Å². The van der Waals surface area contributed by atoms with E-state index in [9.17, 15) is 13.2 Å². The number of benzene rings is 2. The topological polar surface area (TPSA) is 78.5 Å². The van der Waals surface area contributed by atoms with Gasteiger partial charge < -0.3 is 10.6 Å². The van der Waals surface area contributed by atoms with Gasteiger partial charge in [-0.2, -0.15) is 4.31 Å². The summed E-state index contributed by atoms with van der Waals surface area (Å²) in [5.74, 6) is -0.249. The Kier molecular flexibility index (Phi) is 6.36. The number of piperidine rings is 1. The van der Waals surface area contributed by atoms with Crippen molar-refractivity contribution >= 4 is 38.9 Å². The van der Waals surface area contributed by atoms with Crippen LogP contribution < -0.4 is 10.6 Å². The third kappa shape index (κ3) is 5.22. The summed E-state index contributed by atoms with van der Waals surface area (Å²) in [4.78, 5) is 12.3. The Morgan fingerprint density at radius 3 is 2.44 bits per heavy atom. The van der Waals surface area contributed by atoms with Crippen molar-refractivity contribution < 1.29 is 13.2 Å². The first-order valence-corrected chi connectivity index (χ1v) is 10.7. The predicted octanol–water partition coefficient (Wildman–Crippen LogP) is 3.57. The van der Waals surface area contributed by atoms with Gasteiger partial charge in [0.15, 0.2) is 0 Å². The molecule has 144 valence electrons. The van der Waals surface area contributed by atoms with E-state index in [1.807, 2.05) is 0 Å². The van der Waals surface area contributed by atoms with Crippen LogP contribution in [0.25, 0.3) is 0 Å². The average Bonchev–Trinajstić information content (AvgIpc) is 2.67. The lowest BCUT2D eigenvalue weighted by Gasteiger charge is -2.26. The zero-order valence-electron chi connectivity index (χ0n) is 14.8. The molecule has 2 aromatic rings. The van der Waals surface area contributed by atoms with Gasteiger partial charge in [0.1, 0.15) is 0 Å². The molecule has 1 aliphatic rings. The van der Waals surface area contributed by atoms with Gasteiger partial charge in [-0.3, -0.25) is 4.79 Å². The molecule has 0 unspecified atom stereocenters. The molecule has 1 fully saturated rings. The minimum Gasteiger partial charge on any atom is -0.376 e. The first-order chi connectivity index (χ1) is 12.9. The summed E-state index contributed by atoms with van der Waals surface area (Å²) in [5.41, 5.74) is 1.19. The van der Waals surface area contributed by atoms with Crippen molar-refractivity contribution in [3.8, 4) is 0 Å². The van der Waals surface area contributed by atoms with Crippen LogP contribution in [0.4, 0.5) is 11.4 Å². The van der Waals surface area contributed by atoms with E-state index in [-0.39, 0.29) is 17.3 Å².